The van der Waals surface area contributed by atoms with Gasteiger partial charge in [0.1, 0.15) is 5.69 Å². The summed E-state index contributed by atoms with van der Waals surface area (Å²) in [5, 5.41) is 3.08. The predicted molar refractivity (Wildman–Crippen MR) is 87.4 cm³/mol. The lowest BCUT2D eigenvalue weighted by molar-refractivity contribution is -0.108. The molecule has 0 bridgehead atoms. The lowest BCUT2D eigenvalue weighted by atomic mass is 9.98. The van der Waals surface area contributed by atoms with Crippen molar-refractivity contribution < 1.29 is 14.4 Å². The third-order valence-electron chi connectivity index (χ3n) is 3.97. The number of hydrogen-bond acceptors (Lipinski definition) is 4. The number of nitrogens with one attached hydrogen (secondary N) is 1. The zero-order valence-corrected chi connectivity index (χ0v) is 13.4. The number of amides is 3. The monoisotopic (exact) mass is 313 g/mol. The van der Waals surface area contributed by atoms with E-state index in [2.05, 4.69) is 10.3 Å². The number of benzene rings is 1. The topological polar surface area (TPSA) is 79.4 Å². The van der Waals surface area contributed by atoms with Crippen LogP contribution < -0.4 is 5.32 Å². The normalized spacial score (nSPS) is 11.8. The predicted octanol–water partition coefficient (Wildman–Crippen LogP) is 2.08. The van der Waals surface area contributed by atoms with Gasteiger partial charge in [-0.2, -0.15) is 0 Å². The van der Waals surface area contributed by atoms with Crippen molar-refractivity contribution >= 4 is 29.6 Å². The number of urea groups is 1. The number of fused-ring (bicyclic) bond motifs is 1. The van der Waals surface area contributed by atoms with Crippen molar-refractivity contribution in [3.8, 4) is 0 Å². The lowest BCUT2D eigenvalue weighted by Crippen LogP contribution is -2.42. The van der Waals surface area contributed by atoms with Crippen LogP contribution in [0.25, 0.3) is 10.9 Å². The van der Waals surface area contributed by atoms with Crippen molar-refractivity contribution in [2.75, 3.05) is 7.05 Å². The van der Waals surface area contributed by atoms with E-state index in [1.807, 2.05) is 32.0 Å². The van der Waals surface area contributed by atoms with E-state index in [9.17, 15) is 14.4 Å². The van der Waals surface area contributed by atoms with E-state index in [-0.39, 0.29) is 6.04 Å². The van der Waals surface area contributed by atoms with Crippen LogP contribution in [-0.4, -0.2) is 41.7 Å². The first-order valence-corrected chi connectivity index (χ1v) is 7.28. The largest absolute Gasteiger partial charge is 0.324 e. The molecular weight excluding hydrogens is 294 g/mol. The molecule has 0 aliphatic heterocycles. The quantitative estimate of drug-likeness (QED) is 0.857. The Hall–Kier alpha value is -2.76. The highest BCUT2D eigenvalue weighted by atomic mass is 16.2. The molecule has 1 heterocycles. The van der Waals surface area contributed by atoms with Crippen LogP contribution in [-0.2, 0) is 11.2 Å². The number of hydrogen-bond donors (Lipinski definition) is 1. The summed E-state index contributed by atoms with van der Waals surface area (Å²) in [5.74, 6) is 0. The Morgan fingerprint density at radius 1 is 1.35 bits per heavy atom. The third-order valence-corrected chi connectivity index (χ3v) is 3.97. The Morgan fingerprint density at radius 2 is 2.09 bits per heavy atom. The van der Waals surface area contributed by atoms with Gasteiger partial charge in [-0.05, 0) is 49.6 Å². The number of carbonyl (C=O) groups is 3. The highest BCUT2D eigenvalue weighted by Gasteiger charge is 2.16. The molecule has 0 radical (unpaired) electrons. The Bertz CT molecular complexity index is 758. The Morgan fingerprint density at radius 3 is 2.74 bits per heavy atom. The van der Waals surface area contributed by atoms with E-state index < -0.39 is 6.03 Å². The molecule has 6 heteroatoms. The summed E-state index contributed by atoms with van der Waals surface area (Å²) >= 11 is 0. The van der Waals surface area contributed by atoms with Gasteiger partial charge in [-0.15, -0.1) is 0 Å². The van der Waals surface area contributed by atoms with Crippen LogP contribution in [0, 0.1) is 6.92 Å². The number of rotatable bonds is 5. The van der Waals surface area contributed by atoms with Crippen molar-refractivity contribution in [3.05, 3.63) is 41.1 Å². The summed E-state index contributed by atoms with van der Waals surface area (Å²) in [6.45, 7) is 3.89. The van der Waals surface area contributed by atoms with Crippen LogP contribution in [0.1, 0.15) is 28.5 Å². The molecule has 0 saturated heterocycles. The van der Waals surface area contributed by atoms with E-state index in [0.717, 1.165) is 28.3 Å². The van der Waals surface area contributed by atoms with Gasteiger partial charge in [0.25, 0.3) is 0 Å². The minimum Gasteiger partial charge on any atom is -0.324 e. The van der Waals surface area contributed by atoms with Gasteiger partial charge in [0.2, 0.25) is 6.41 Å². The maximum absolute atomic E-state index is 11.7. The minimum absolute atomic E-state index is 0.0756. The fourth-order valence-electron chi connectivity index (χ4n) is 2.43. The molecule has 23 heavy (non-hydrogen) atoms. The van der Waals surface area contributed by atoms with Crippen LogP contribution >= 0.6 is 0 Å². The summed E-state index contributed by atoms with van der Waals surface area (Å²) < 4.78 is 0. The number of aryl methyl sites for hydroxylation is 1. The van der Waals surface area contributed by atoms with E-state index in [1.165, 1.54) is 4.90 Å². The molecule has 1 unspecified atom stereocenters. The standard InChI is InChI=1S/C17H19N3O3/c1-11-6-16-13(4-5-15(9-21)19-16)8-14(11)7-12(2)20(3)17(23)18-10-22/h4-6,8-10,12H,7H2,1-3H3,(H,18,22,23). The number of imide groups is 1. The molecule has 1 atom stereocenters. The molecule has 2 aromatic rings. The summed E-state index contributed by atoms with van der Waals surface area (Å²) in [6.07, 6.45) is 1.76. The molecule has 120 valence electrons. The molecule has 0 spiro atoms. The highest BCUT2D eigenvalue weighted by Crippen LogP contribution is 2.20. The number of nitrogens with zero attached hydrogens (tertiary/aromatic N) is 2. The number of likely N-dealkylation sites (N-methyl/N-ethyl adjacent to an activating group) is 1. The summed E-state index contributed by atoms with van der Waals surface area (Å²) in [5.41, 5.74) is 3.32. The van der Waals surface area contributed by atoms with Gasteiger partial charge in [0, 0.05) is 18.5 Å². The Kier molecular flexibility index (Phi) is 5.05. The maximum Gasteiger partial charge on any atom is 0.323 e. The first kappa shape index (κ1) is 16.6. The van der Waals surface area contributed by atoms with Crippen LogP contribution in [0.2, 0.25) is 0 Å². The maximum atomic E-state index is 11.7. The highest BCUT2D eigenvalue weighted by molar-refractivity contribution is 5.85. The molecule has 1 aromatic heterocycles. The van der Waals surface area contributed by atoms with E-state index in [1.54, 1.807) is 13.1 Å². The second-order valence-corrected chi connectivity index (χ2v) is 5.56. The average molecular weight is 313 g/mol. The van der Waals surface area contributed by atoms with Gasteiger partial charge in [0.15, 0.2) is 6.29 Å². The number of carbonyl (C=O) groups excluding carboxylic acids is 3. The van der Waals surface area contributed by atoms with Crippen molar-refractivity contribution in [2.24, 2.45) is 0 Å². The molecule has 0 fully saturated rings. The first-order valence-electron chi connectivity index (χ1n) is 7.28. The molecule has 6 nitrogen and oxygen atoms in total. The van der Waals surface area contributed by atoms with Crippen LogP contribution in [0.4, 0.5) is 4.79 Å². The Labute approximate surface area is 134 Å². The van der Waals surface area contributed by atoms with Crippen molar-refractivity contribution in [3.63, 3.8) is 0 Å². The molecule has 0 saturated carbocycles. The molecule has 1 aromatic carbocycles. The molecule has 0 aliphatic carbocycles. The molecule has 0 aliphatic rings. The van der Waals surface area contributed by atoms with Crippen molar-refractivity contribution in [2.45, 2.75) is 26.3 Å². The number of aldehydes is 1. The Balaban J connectivity index is 2.26. The molecule has 3 amide bonds. The fraction of sp³-hybridized carbons (Fsp3) is 0.294. The smallest absolute Gasteiger partial charge is 0.323 e. The summed E-state index contributed by atoms with van der Waals surface area (Å²) in [7, 11) is 1.65. The van der Waals surface area contributed by atoms with Gasteiger partial charge in [-0.25, -0.2) is 9.78 Å². The number of aromatic nitrogens is 1. The summed E-state index contributed by atoms with van der Waals surface area (Å²) in [4.78, 5) is 38.6. The average Bonchev–Trinajstić information content (AvgIpc) is 2.54. The van der Waals surface area contributed by atoms with Gasteiger partial charge in [-0.1, -0.05) is 6.07 Å². The second-order valence-electron chi connectivity index (χ2n) is 5.56. The van der Waals surface area contributed by atoms with Crippen molar-refractivity contribution in [1.82, 2.24) is 15.2 Å². The fourth-order valence-corrected chi connectivity index (χ4v) is 2.43. The van der Waals surface area contributed by atoms with Gasteiger partial charge < -0.3 is 4.90 Å². The van der Waals surface area contributed by atoms with Crippen LogP contribution in [0.3, 0.4) is 0 Å². The first-order chi connectivity index (χ1) is 11.0. The second kappa shape index (κ2) is 7.00. The van der Waals surface area contributed by atoms with Gasteiger partial charge in [0.05, 0.1) is 5.52 Å². The van der Waals surface area contributed by atoms with E-state index in [0.29, 0.717) is 18.5 Å². The van der Waals surface area contributed by atoms with E-state index in [4.69, 9.17) is 0 Å². The van der Waals surface area contributed by atoms with E-state index >= 15 is 0 Å². The zero-order valence-electron chi connectivity index (χ0n) is 13.4. The lowest BCUT2D eigenvalue weighted by Gasteiger charge is -2.25. The molecule has 2 rings (SSSR count). The van der Waals surface area contributed by atoms with Gasteiger partial charge >= 0.3 is 6.03 Å². The molecular formula is C17H19N3O3. The third kappa shape index (κ3) is 3.71. The number of pyridine rings is 1. The minimum atomic E-state index is -0.428. The molecule has 1 N–H and O–H groups in total. The van der Waals surface area contributed by atoms with Crippen LogP contribution in [0.15, 0.2) is 24.3 Å². The van der Waals surface area contributed by atoms with Crippen LogP contribution in [0.5, 0.6) is 0 Å². The van der Waals surface area contributed by atoms with Gasteiger partial charge in [-0.3, -0.25) is 14.9 Å². The zero-order chi connectivity index (χ0) is 17.0. The SMILES string of the molecule is Cc1cc2nc(C=O)ccc2cc1CC(C)N(C)C(=O)NC=O. The van der Waals surface area contributed by atoms with Crippen molar-refractivity contribution in [1.29, 1.82) is 0 Å². The summed E-state index contributed by atoms with van der Waals surface area (Å²) in [6, 6.07) is 7.00.